The van der Waals surface area contributed by atoms with E-state index in [1.165, 1.54) is 104 Å². The molecule has 3 aliphatic heterocycles. The molecule has 0 bridgehead atoms. The molecule has 0 amide bonds. The monoisotopic (exact) mass is 1080 g/mol. The summed E-state index contributed by atoms with van der Waals surface area (Å²) in [6, 6.07) is 76.5. The Hall–Kier alpha value is -8.32. The van der Waals surface area contributed by atoms with Crippen molar-refractivity contribution in [2.24, 2.45) is 0 Å². The van der Waals surface area contributed by atoms with Gasteiger partial charge in [-0.15, -0.1) is 11.3 Å². The van der Waals surface area contributed by atoms with Gasteiger partial charge in [-0.2, -0.15) is 0 Å². The Bertz CT molecular complexity index is 4250. The maximum absolute atomic E-state index is 6.60. The maximum atomic E-state index is 6.60. The Morgan fingerprint density at radius 1 is 0.390 bits per heavy atom. The SMILES string of the molecule is Cc1cc2c3c(c1)N(c1cc4c(cc1-c1ccccc1)OCCCO4)c1ccc(C(C)(C)C)cc1B3c1ccc(-c3ccc4c(c3)sc3ccccc34)cc1N2c1cc(-c2ccc(C(C)(C)C)cc2)cc(-c2ccc(C(C)(C)C)cc2)c1. The molecule has 82 heavy (non-hydrogen) atoms. The van der Waals surface area contributed by atoms with Crippen LogP contribution in [0.2, 0.25) is 0 Å². The van der Waals surface area contributed by atoms with Gasteiger partial charge in [-0.25, -0.2) is 0 Å². The summed E-state index contributed by atoms with van der Waals surface area (Å²) < 4.78 is 15.7. The molecule has 0 spiro atoms. The third kappa shape index (κ3) is 8.98. The first-order valence-electron chi connectivity index (χ1n) is 29.2. The second-order valence-electron chi connectivity index (χ2n) is 26.1. The Morgan fingerprint density at radius 2 is 0.951 bits per heavy atom. The quantitative estimate of drug-likeness (QED) is 0.155. The van der Waals surface area contributed by atoms with Crippen LogP contribution in [0.3, 0.4) is 0 Å². The summed E-state index contributed by atoms with van der Waals surface area (Å²) in [6.07, 6.45) is 0.823. The zero-order chi connectivity index (χ0) is 56.4. The first-order valence-corrected chi connectivity index (χ1v) is 30.1. The predicted molar refractivity (Wildman–Crippen MR) is 352 cm³/mol. The Balaban J connectivity index is 1.06. The molecule has 0 N–H and O–H groups in total. The topological polar surface area (TPSA) is 24.9 Å². The van der Waals surface area contributed by atoms with E-state index in [2.05, 4.69) is 279 Å². The maximum Gasteiger partial charge on any atom is 0.252 e. The predicted octanol–water partition coefficient (Wildman–Crippen LogP) is 19.2. The molecule has 0 aliphatic carbocycles. The summed E-state index contributed by atoms with van der Waals surface area (Å²) in [7, 11) is 0. The molecule has 4 nitrogen and oxygen atoms in total. The highest BCUT2D eigenvalue weighted by atomic mass is 32.1. The molecular weight excluding hydrogens is 1020 g/mol. The molecule has 4 heterocycles. The molecule has 0 atom stereocenters. The van der Waals surface area contributed by atoms with E-state index in [9.17, 15) is 0 Å². The van der Waals surface area contributed by atoms with Crippen LogP contribution in [-0.2, 0) is 16.2 Å². The van der Waals surface area contributed by atoms with Crippen molar-refractivity contribution < 1.29 is 9.47 Å². The lowest BCUT2D eigenvalue weighted by molar-refractivity contribution is 0.297. The highest BCUT2D eigenvalue weighted by Gasteiger charge is 2.45. The van der Waals surface area contributed by atoms with Gasteiger partial charge in [0.15, 0.2) is 11.5 Å². The average Bonchev–Trinajstić information content (AvgIpc) is 1.77. The third-order valence-corrected chi connectivity index (χ3v) is 18.5. The summed E-state index contributed by atoms with van der Waals surface area (Å²) in [5.41, 5.74) is 25.0. The Kier molecular flexibility index (Phi) is 12.3. The van der Waals surface area contributed by atoms with Gasteiger partial charge >= 0.3 is 0 Å². The zero-order valence-corrected chi connectivity index (χ0v) is 49.7. The molecule has 0 saturated heterocycles. The molecule has 0 saturated carbocycles. The number of benzene rings is 10. The summed E-state index contributed by atoms with van der Waals surface area (Å²) >= 11 is 1.88. The van der Waals surface area contributed by atoms with Gasteiger partial charge in [0.05, 0.1) is 18.9 Å². The van der Waals surface area contributed by atoms with E-state index >= 15 is 0 Å². The van der Waals surface area contributed by atoms with Crippen LogP contribution in [-0.4, -0.2) is 19.9 Å². The first-order chi connectivity index (χ1) is 39.4. The van der Waals surface area contributed by atoms with Gasteiger partial charge in [-0.1, -0.05) is 196 Å². The lowest BCUT2D eigenvalue weighted by Gasteiger charge is -2.45. The average molecular weight is 1090 g/mol. The molecule has 14 rings (SSSR count). The van der Waals surface area contributed by atoms with Crippen molar-refractivity contribution in [1.29, 1.82) is 0 Å². The van der Waals surface area contributed by atoms with Crippen molar-refractivity contribution in [3.05, 3.63) is 222 Å². The Morgan fingerprint density at radius 3 is 1.61 bits per heavy atom. The van der Waals surface area contributed by atoms with Gasteiger partial charge in [0.25, 0.3) is 6.71 Å². The minimum Gasteiger partial charge on any atom is -0.490 e. The summed E-state index contributed by atoms with van der Waals surface area (Å²) in [5.74, 6) is 1.55. The molecule has 404 valence electrons. The van der Waals surface area contributed by atoms with Gasteiger partial charge < -0.3 is 19.3 Å². The van der Waals surface area contributed by atoms with Crippen LogP contribution in [0.4, 0.5) is 34.1 Å². The van der Waals surface area contributed by atoms with E-state index in [-0.39, 0.29) is 23.0 Å². The van der Waals surface area contributed by atoms with E-state index in [1.807, 2.05) is 11.3 Å². The first kappa shape index (κ1) is 51.8. The summed E-state index contributed by atoms with van der Waals surface area (Å²) in [4.78, 5) is 5.16. The zero-order valence-electron chi connectivity index (χ0n) is 48.9. The van der Waals surface area contributed by atoms with E-state index in [0.717, 1.165) is 51.8 Å². The number of fused-ring (bicyclic) bond motifs is 8. The number of nitrogens with zero attached hydrogens (tertiary/aromatic N) is 2. The van der Waals surface area contributed by atoms with Gasteiger partial charge in [-0.3, -0.25) is 0 Å². The van der Waals surface area contributed by atoms with Gasteiger partial charge in [0, 0.05) is 66.7 Å². The number of thiophene rings is 1. The molecule has 0 unspecified atom stereocenters. The van der Waals surface area contributed by atoms with Gasteiger partial charge in [-0.05, 0) is 161 Å². The van der Waals surface area contributed by atoms with Crippen molar-refractivity contribution in [3.63, 3.8) is 0 Å². The van der Waals surface area contributed by atoms with Crippen LogP contribution in [0.1, 0.15) is 91.0 Å². The molecule has 0 fully saturated rings. The molecule has 11 aromatic rings. The smallest absolute Gasteiger partial charge is 0.252 e. The number of rotatable bonds is 6. The fourth-order valence-corrected chi connectivity index (χ4v) is 14.0. The molecule has 3 aliphatic rings. The van der Waals surface area contributed by atoms with E-state index < -0.39 is 0 Å². The van der Waals surface area contributed by atoms with Crippen LogP contribution in [0, 0.1) is 6.92 Å². The van der Waals surface area contributed by atoms with Crippen LogP contribution in [0.5, 0.6) is 11.5 Å². The van der Waals surface area contributed by atoms with Gasteiger partial charge in [0.2, 0.25) is 0 Å². The number of hydrogen-bond donors (Lipinski definition) is 0. The minimum atomic E-state index is -0.105. The van der Waals surface area contributed by atoms with Crippen molar-refractivity contribution in [3.8, 4) is 56.0 Å². The lowest BCUT2D eigenvalue weighted by Crippen LogP contribution is -2.61. The van der Waals surface area contributed by atoms with Crippen molar-refractivity contribution >= 4 is 88.7 Å². The molecular formula is C76H69BN2O2S. The molecule has 6 heteroatoms. The minimum absolute atomic E-state index is 0.0269. The number of anilines is 6. The molecule has 0 radical (unpaired) electrons. The lowest BCUT2D eigenvalue weighted by atomic mass is 9.33. The van der Waals surface area contributed by atoms with Crippen LogP contribution in [0.15, 0.2) is 200 Å². The Labute approximate surface area is 488 Å². The van der Waals surface area contributed by atoms with E-state index in [4.69, 9.17) is 9.47 Å². The second kappa shape index (κ2) is 19.4. The largest absolute Gasteiger partial charge is 0.490 e. The fraction of sp³-hybridized carbons (Fsp3) is 0.211. The van der Waals surface area contributed by atoms with E-state index in [1.54, 1.807) is 0 Å². The highest BCUT2D eigenvalue weighted by molar-refractivity contribution is 7.25. The molecule has 1 aromatic heterocycles. The highest BCUT2D eigenvalue weighted by Crippen LogP contribution is 2.51. The third-order valence-electron chi connectivity index (χ3n) is 17.3. The summed E-state index contributed by atoms with van der Waals surface area (Å²) in [6.45, 7) is 24.2. The van der Waals surface area contributed by atoms with E-state index in [0.29, 0.717) is 13.2 Å². The standard InChI is InChI=1S/C76H69BN2O2S/c1-47-37-67-73-68(38-47)79(65-46-70-69(80-35-16-36-81-70)45-61(65)50-17-12-11-13-18-50)64-34-31-57(76(8,9)10)44-63(64)77(73)62-33-26-51(52-25-32-60-59-19-14-15-20-71(59)82-72(60)43-52)42-66(62)78(67)58-40-53(48-21-27-55(28-22-48)74(2,3)4)39-54(41-58)49-23-29-56(30-24-49)75(5,6)7/h11-15,17-34,37-46H,16,35-36H2,1-10H3. The van der Waals surface area contributed by atoms with Crippen LogP contribution in [0.25, 0.3) is 64.7 Å². The van der Waals surface area contributed by atoms with Crippen molar-refractivity contribution in [1.82, 2.24) is 0 Å². The second-order valence-corrected chi connectivity index (χ2v) is 27.2. The van der Waals surface area contributed by atoms with Crippen molar-refractivity contribution in [2.75, 3.05) is 23.0 Å². The number of aryl methyl sites for hydroxylation is 1. The van der Waals surface area contributed by atoms with Crippen molar-refractivity contribution in [2.45, 2.75) is 91.9 Å². The number of hydrogen-bond acceptors (Lipinski definition) is 5. The normalized spacial score (nSPS) is 14.0. The fourth-order valence-electron chi connectivity index (χ4n) is 12.9. The van der Waals surface area contributed by atoms with Crippen LogP contribution >= 0.6 is 11.3 Å². The van der Waals surface area contributed by atoms with Gasteiger partial charge in [0.1, 0.15) is 0 Å². The molecule has 10 aromatic carbocycles. The summed E-state index contributed by atoms with van der Waals surface area (Å²) in [5, 5.41) is 2.62. The number of ether oxygens (including phenoxy) is 2. The van der Waals surface area contributed by atoms with Crippen LogP contribution < -0.4 is 35.7 Å².